The van der Waals surface area contributed by atoms with Gasteiger partial charge in [0.25, 0.3) is 0 Å². The Bertz CT molecular complexity index is 679. The predicted octanol–water partition coefficient (Wildman–Crippen LogP) is 4.78. The zero-order valence-electron chi connectivity index (χ0n) is 11.0. The zero-order chi connectivity index (χ0) is 15.4. The van der Waals surface area contributed by atoms with E-state index in [1.54, 1.807) is 6.07 Å². The Kier molecular flexibility index (Phi) is 4.74. The summed E-state index contributed by atoms with van der Waals surface area (Å²) in [6, 6.07) is 7.14. The van der Waals surface area contributed by atoms with Crippen molar-refractivity contribution in [1.82, 2.24) is 0 Å². The van der Waals surface area contributed by atoms with E-state index in [2.05, 4.69) is 0 Å². The SMILES string of the molecule is CCSc1ccc([N+](=O)[O-])c(Oc2ccc(F)cc2F)c1. The van der Waals surface area contributed by atoms with Crippen LogP contribution in [0.1, 0.15) is 6.92 Å². The fraction of sp³-hybridized carbons (Fsp3) is 0.143. The van der Waals surface area contributed by atoms with E-state index < -0.39 is 16.6 Å². The maximum atomic E-state index is 13.6. The number of nitrogens with zero attached hydrogens (tertiary/aromatic N) is 1. The molecule has 2 aromatic carbocycles. The van der Waals surface area contributed by atoms with Crippen molar-refractivity contribution in [1.29, 1.82) is 0 Å². The maximum Gasteiger partial charge on any atom is 0.311 e. The highest BCUT2D eigenvalue weighted by molar-refractivity contribution is 7.99. The van der Waals surface area contributed by atoms with E-state index >= 15 is 0 Å². The van der Waals surface area contributed by atoms with Crippen molar-refractivity contribution in [3.8, 4) is 11.5 Å². The summed E-state index contributed by atoms with van der Waals surface area (Å²) in [5.74, 6) is -1.23. The van der Waals surface area contributed by atoms with E-state index in [9.17, 15) is 18.9 Å². The molecule has 0 radical (unpaired) electrons. The number of nitro groups is 1. The minimum absolute atomic E-state index is 0.0797. The van der Waals surface area contributed by atoms with Crippen LogP contribution in [0.25, 0.3) is 0 Å². The lowest BCUT2D eigenvalue weighted by molar-refractivity contribution is -0.385. The summed E-state index contributed by atoms with van der Waals surface area (Å²) in [5.41, 5.74) is -0.279. The number of halogens is 2. The van der Waals surface area contributed by atoms with Crippen LogP contribution in [-0.2, 0) is 0 Å². The molecule has 110 valence electrons. The number of benzene rings is 2. The van der Waals surface area contributed by atoms with Crippen molar-refractivity contribution in [2.24, 2.45) is 0 Å². The van der Waals surface area contributed by atoms with Crippen LogP contribution >= 0.6 is 11.8 Å². The highest BCUT2D eigenvalue weighted by atomic mass is 32.2. The Morgan fingerprint density at radius 1 is 1.19 bits per heavy atom. The third-order valence-corrected chi connectivity index (χ3v) is 3.43. The lowest BCUT2D eigenvalue weighted by Gasteiger charge is -2.09. The minimum atomic E-state index is -0.919. The molecule has 0 fully saturated rings. The summed E-state index contributed by atoms with van der Waals surface area (Å²) < 4.78 is 31.7. The number of rotatable bonds is 5. The van der Waals surface area contributed by atoms with Crippen LogP contribution in [0.3, 0.4) is 0 Å². The molecule has 0 atom stereocenters. The van der Waals surface area contributed by atoms with Gasteiger partial charge in [-0.3, -0.25) is 10.1 Å². The summed E-state index contributed by atoms with van der Waals surface area (Å²) in [6.07, 6.45) is 0. The standard InChI is InChI=1S/C14H11F2NO3S/c1-2-21-10-4-5-12(17(18)19)14(8-10)20-13-6-3-9(15)7-11(13)16/h3-8H,2H2,1H3. The van der Waals surface area contributed by atoms with Gasteiger partial charge in [-0.25, -0.2) is 8.78 Å². The van der Waals surface area contributed by atoms with Gasteiger partial charge in [-0.15, -0.1) is 11.8 Å². The first-order valence-corrected chi connectivity index (χ1v) is 7.04. The molecule has 0 bridgehead atoms. The van der Waals surface area contributed by atoms with Gasteiger partial charge in [-0.2, -0.15) is 0 Å². The average Bonchev–Trinajstić information content (AvgIpc) is 2.42. The quantitative estimate of drug-likeness (QED) is 0.453. The Labute approximate surface area is 123 Å². The van der Waals surface area contributed by atoms with Crippen LogP contribution in [0.2, 0.25) is 0 Å². The number of hydrogen-bond acceptors (Lipinski definition) is 4. The summed E-state index contributed by atoms with van der Waals surface area (Å²) in [4.78, 5) is 11.1. The highest BCUT2D eigenvalue weighted by Crippen LogP contribution is 2.36. The first kappa shape index (κ1) is 15.2. The van der Waals surface area contributed by atoms with Gasteiger partial charge in [0, 0.05) is 23.1 Å². The molecule has 0 aromatic heterocycles. The van der Waals surface area contributed by atoms with Crippen molar-refractivity contribution in [3.63, 3.8) is 0 Å². The van der Waals surface area contributed by atoms with Crippen LogP contribution < -0.4 is 4.74 Å². The van der Waals surface area contributed by atoms with E-state index in [0.717, 1.165) is 22.8 Å². The second-order valence-electron chi connectivity index (χ2n) is 4.00. The summed E-state index contributed by atoms with van der Waals surface area (Å²) in [5, 5.41) is 11.0. The number of ether oxygens (including phenoxy) is 1. The number of thioether (sulfide) groups is 1. The molecule has 0 unspecified atom stereocenters. The van der Waals surface area contributed by atoms with E-state index in [-0.39, 0.29) is 17.2 Å². The average molecular weight is 311 g/mol. The van der Waals surface area contributed by atoms with Gasteiger partial charge in [0.2, 0.25) is 5.75 Å². The van der Waals surface area contributed by atoms with E-state index in [1.807, 2.05) is 6.92 Å². The zero-order valence-corrected chi connectivity index (χ0v) is 11.8. The van der Waals surface area contributed by atoms with Crippen molar-refractivity contribution in [3.05, 3.63) is 58.1 Å². The topological polar surface area (TPSA) is 52.4 Å². The fourth-order valence-corrected chi connectivity index (χ4v) is 2.35. The highest BCUT2D eigenvalue weighted by Gasteiger charge is 2.18. The lowest BCUT2D eigenvalue weighted by Crippen LogP contribution is -1.95. The van der Waals surface area contributed by atoms with Crippen molar-refractivity contribution in [2.45, 2.75) is 11.8 Å². The van der Waals surface area contributed by atoms with E-state index in [1.165, 1.54) is 23.9 Å². The predicted molar refractivity (Wildman–Crippen MR) is 75.9 cm³/mol. The third kappa shape index (κ3) is 3.69. The normalized spacial score (nSPS) is 10.4. The van der Waals surface area contributed by atoms with Gasteiger partial charge >= 0.3 is 5.69 Å². The Balaban J connectivity index is 2.40. The Morgan fingerprint density at radius 2 is 1.95 bits per heavy atom. The smallest absolute Gasteiger partial charge is 0.311 e. The van der Waals surface area contributed by atoms with Crippen LogP contribution in [0.15, 0.2) is 41.3 Å². The molecule has 4 nitrogen and oxygen atoms in total. The molecule has 0 aliphatic rings. The van der Waals surface area contributed by atoms with Crippen LogP contribution in [0.5, 0.6) is 11.5 Å². The van der Waals surface area contributed by atoms with Gasteiger partial charge in [0.1, 0.15) is 5.82 Å². The molecule has 0 amide bonds. The molecular formula is C14H11F2NO3S. The monoisotopic (exact) mass is 311 g/mol. The molecule has 0 heterocycles. The van der Waals surface area contributed by atoms with Crippen LogP contribution in [0, 0.1) is 21.7 Å². The van der Waals surface area contributed by atoms with Crippen molar-refractivity contribution >= 4 is 17.4 Å². The fourth-order valence-electron chi connectivity index (χ4n) is 1.66. The minimum Gasteiger partial charge on any atom is -0.447 e. The summed E-state index contributed by atoms with van der Waals surface area (Å²) in [7, 11) is 0. The largest absolute Gasteiger partial charge is 0.447 e. The second-order valence-corrected chi connectivity index (χ2v) is 5.33. The first-order chi connectivity index (χ1) is 10.0. The molecule has 21 heavy (non-hydrogen) atoms. The number of hydrogen-bond donors (Lipinski definition) is 0. The maximum absolute atomic E-state index is 13.6. The Hall–Kier alpha value is -2.15. The second kappa shape index (κ2) is 6.53. The van der Waals surface area contributed by atoms with Crippen molar-refractivity contribution in [2.75, 3.05) is 5.75 Å². The molecule has 0 N–H and O–H groups in total. The van der Waals surface area contributed by atoms with Gasteiger partial charge in [0.05, 0.1) is 4.92 Å². The van der Waals surface area contributed by atoms with Gasteiger partial charge < -0.3 is 4.74 Å². The molecular weight excluding hydrogens is 300 g/mol. The van der Waals surface area contributed by atoms with Gasteiger partial charge in [-0.05, 0) is 24.0 Å². The lowest BCUT2D eigenvalue weighted by atomic mass is 10.3. The molecule has 0 aliphatic carbocycles. The van der Waals surface area contributed by atoms with Crippen LogP contribution in [-0.4, -0.2) is 10.7 Å². The van der Waals surface area contributed by atoms with Crippen molar-refractivity contribution < 1.29 is 18.4 Å². The first-order valence-electron chi connectivity index (χ1n) is 6.05. The molecule has 0 saturated carbocycles. The van der Waals surface area contributed by atoms with Gasteiger partial charge in [0.15, 0.2) is 11.6 Å². The molecule has 7 heteroatoms. The van der Waals surface area contributed by atoms with E-state index in [0.29, 0.717) is 6.07 Å². The number of nitro benzene ring substituents is 1. The molecule has 2 aromatic rings. The molecule has 0 aliphatic heterocycles. The summed E-state index contributed by atoms with van der Waals surface area (Å²) in [6.45, 7) is 1.94. The van der Waals surface area contributed by atoms with E-state index in [4.69, 9.17) is 4.74 Å². The molecule has 2 rings (SSSR count). The third-order valence-electron chi connectivity index (χ3n) is 2.55. The molecule has 0 saturated heterocycles. The summed E-state index contributed by atoms with van der Waals surface area (Å²) >= 11 is 1.47. The van der Waals surface area contributed by atoms with Gasteiger partial charge in [-0.1, -0.05) is 6.92 Å². The van der Waals surface area contributed by atoms with Crippen LogP contribution in [0.4, 0.5) is 14.5 Å². The molecule has 0 spiro atoms. The Morgan fingerprint density at radius 3 is 2.57 bits per heavy atom.